The van der Waals surface area contributed by atoms with E-state index in [9.17, 15) is 4.79 Å². The third-order valence-corrected chi connectivity index (χ3v) is 6.39. The Labute approximate surface area is 186 Å². The molecule has 0 atom stereocenters. The third kappa shape index (κ3) is 5.42. The average molecular weight is 438 g/mol. The number of aryl methyl sites for hydroxylation is 1. The molecule has 2 aromatic carbocycles. The molecule has 0 spiro atoms. The number of carbonyl (C=O) groups is 1. The van der Waals surface area contributed by atoms with Crippen molar-refractivity contribution >= 4 is 22.4 Å². The zero-order valence-electron chi connectivity index (χ0n) is 17.9. The van der Waals surface area contributed by atoms with Crippen molar-refractivity contribution in [2.75, 3.05) is 26.1 Å². The molecule has 0 bridgehead atoms. The molecule has 1 aromatic heterocycles. The Balaban J connectivity index is 1.31. The molecular formula is C24H27N3O3S. The van der Waals surface area contributed by atoms with Gasteiger partial charge < -0.3 is 14.8 Å². The van der Waals surface area contributed by atoms with Gasteiger partial charge in [0.2, 0.25) is 5.91 Å². The Hall–Kier alpha value is -2.90. The molecular weight excluding hydrogens is 410 g/mol. The zero-order valence-corrected chi connectivity index (χ0v) is 18.7. The highest BCUT2D eigenvalue weighted by Crippen LogP contribution is 2.30. The number of rotatable bonds is 8. The number of nitrogens with one attached hydrogen (secondary N) is 1. The summed E-state index contributed by atoms with van der Waals surface area (Å²) in [6, 6.07) is 16.2. The molecule has 31 heavy (non-hydrogen) atoms. The van der Waals surface area contributed by atoms with Gasteiger partial charge in [-0.3, -0.25) is 9.69 Å². The monoisotopic (exact) mass is 437 g/mol. The van der Waals surface area contributed by atoms with E-state index in [2.05, 4.69) is 39.5 Å². The first-order valence-corrected chi connectivity index (χ1v) is 11.2. The van der Waals surface area contributed by atoms with E-state index in [1.165, 1.54) is 10.4 Å². The van der Waals surface area contributed by atoms with Gasteiger partial charge in [-0.25, -0.2) is 4.98 Å². The van der Waals surface area contributed by atoms with Crippen LogP contribution in [0.15, 0.2) is 48.5 Å². The van der Waals surface area contributed by atoms with Crippen molar-refractivity contribution in [3.63, 3.8) is 0 Å². The Morgan fingerprint density at radius 2 is 1.90 bits per heavy atom. The second-order valence-electron chi connectivity index (χ2n) is 7.57. The standard InChI is InChI=1S/C24H27N3O3S/c1-29-20-10-8-17(14-21(20)30-2)9-11-23(28)26-24-25-19-12-13-27(16-22(19)31-24)15-18-6-4-3-5-7-18/h3-8,10,14H,9,11-13,15-16H2,1-2H3,(H,25,26,28). The second-order valence-corrected chi connectivity index (χ2v) is 8.66. The van der Waals surface area contributed by atoms with Crippen LogP contribution in [0.4, 0.5) is 5.13 Å². The van der Waals surface area contributed by atoms with Gasteiger partial charge in [0, 0.05) is 37.4 Å². The molecule has 0 unspecified atom stereocenters. The quantitative estimate of drug-likeness (QED) is 0.570. The number of benzene rings is 2. The molecule has 162 valence electrons. The minimum Gasteiger partial charge on any atom is -0.493 e. The molecule has 0 saturated carbocycles. The zero-order chi connectivity index (χ0) is 21.6. The lowest BCUT2D eigenvalue weighted by atomic mass is 10.1. The highest BCUT2D eigenvalue weighted by molar-refractivity contribution is 7.15. The minimum absolute atomic E-state index is 0.0259. The molecule has 3 aromatic rings. The van der Waals surface area contributed by atoms with Crippen molar-refractivity contribution in [2.24, 2.45) is 0 Å². The number of ether oxygens (including phenoxy) is 2. The van der Waals surface area contributed by atoms with Crippen LogP contribution >= 0.6 is 11.3 Å². The summed E-state index contributed by atoms with van der Waals surface area (Å²) in [5, 5.41) is 3.68. The van der Waals surface area contributed by atoms with E-state index in [4.69, 9.17) is 9.47 Å². The van der Waals surface area contributed by atoms with Crippen LogP contribution in [0.2, 0.25) is 0 Å². The molecule has 1 N–H and O–H groups in total. The Kier molecular flexibility index (Phi) is 6.84. The first kappa shape index (κ1) is 21.3. The van der Waals surface area contributed by atoms with Crippen molar-refractivity contribution in [3.8, 4) is 11.5 Å². The summed E-state index contributed by atoms with van der Waals surface area (Å²) in [4.78, 5) is 20.8. The van der Waals surface area contributed by atoms with Crippen LogP contribution in [0, 0.1) is 0 Å². The van der Waals surface area contributed by atoms with Crippen LogP contribution in [0.25, 0.3) is 0 Å². The van der Waals surface area contributed by atoms with Crippen molar-refractivity contribution in [1.29, 1.82) is 0 Å². The Bertz CT molecular complexity index is 1040. The van der Waals surface area contributed by atoms with Crippen LogP contribution < -0.4 is 14.8 Å². The van der Waals surface area contributed by atoms with Crippen LogP contribution in [0.5, 0.6) is 11.5 Å². The maximum Gasteiger partial charge on any atom is 0.226 e. The third-order valence-electron chi connectivity index (χ3n) is 5.39. The van der Waals surface area contributed by atoms with Crippen LogP contribution in [-0.4, -0.2) is 36.6 Å². The molecule has 1 aliphatic heterocycles. The normalized spacial score (nSPS) is 13.5. The second kappa shape index (κ2) is 9.94. The highest BCUT2D eigenvalue weighted by Gasteiger charge is 2.21. The number of hydrogen-bond donors (Lipinski definition) is 1. The number of thiazole rings is 1. The van der Waals surface area contributed by atoms with E-state index in [1.54, 1.807) is 25.6 Å². The predicted octanol–water partition coefficient (Wildman–Crippen LogP) is 4.29. The van der Waals surface area contributed by atoms with Crippen molar-refractivity contribution in [2.45, 2.75) is 32.4 Å². The summed E-state index contributed by atoms with van der Waals surface area (Å²) in [5.74, 6) is 1.33. The topological polar surface area (TPSA) is 63.7 Å². The van der Waals surface area contributed by atoms with Gasteiger partial charge in [0.25, 0.3) is 0 Å². The number of carbonyl (C=O) groups excluding carboxylic acids is 1. The summed E-state index contributed by atoms with van der Waals surface area (Å²) in [6.45, 7) is 2.80. The van der Waals surface area contributed by atoms with Gasteiger partial charge >= 0.3 is 0 Å². The summed E-state index contributed by atoms with van der Waals surface area (Å²) in [6.07, 6.45) is 1.93. The van der Waals surface area contributed by atoms with Gasteiger partial charge in [-0.05, 0) is 29.7 Å². The van der Waals surface area contributed by atoms with Crippen LogP contribution in [0.1, 0.15) is 28.1 Å². The SMILES string of the molecule is COc1ccc(CCC(=O)Nc2nc3c(s2)CN(Cc2ccccc2)CC3)cc1OC. The highest BCUT2D eigenvalue weighted by atomic mass is 32.1. The van der Waals surface area contributed by atoms with Gasteiger partial charge in [0.15, 0.2) is 16.6 Å². The fourth-order valence-corrected chi connectivity index (χ4v) is 4.82. The Morgan fingerprint density at radius 1 is 1.10 bits per heavy atom. The van der Waals surface area contributed by atoms with Gasteiger partial charge in [0.1, 0.15) is 0 Å². The van der Waals surface area contributed by atoms with Gasteiger partial charge in [-0.2, -0.15) is 0 Å². The van der Waals surface area contributed by atoms with Crippen molar-refractivity contribution < 1.29 is 14.3 Å². The fraction of sp³-hybridized carbons (Fsp3) is 0.333. The van der Waals surface area contributed by atoms with Gasteiger partial charge in [-0.1, -0.05) is 36.4 Å². The van der Waals surface area contributed by atoms with Gasteiger partial charge in [-0.15, -0.1) is 11.3 Å². The molecule has 0 fully saturated rings. The number of aromatic nitrogens is 1. The predicted molar refractivity (Wildman–Crippen MR) is 123 cm³/mol. The van der Waals surface area contributed by atoms with E-state index >= 15 is 0 Å². The molecule has 1 amide bonds. The summed E-state index contributed by atoms with van der Waals surface area (Å²) < 4.78 is 10.6. The molecule has 7 heteroatoms. The lowest BCUT2D eigenvalue weighted by Crippen LogP contribution is -2.29. The van der Waals surface area contributed by atoms with E-state index in [-0.39, 0.29) is 5.91 Å². The number of nitrogens with zero attached hydrogens (tertiary/aromatic N) is 2. The maximum atomic E-state index is 12.5. The lowest BCUT2D eigenvalue weighted by Gasteiger charge is -2.25. The Morgan fingerprint density at radius 3 is 2.68 bits per heavy atom. The van der Waals surface area contributed by atoms with Crippen LogP contribution in [-0.2, 0) is 30.7 Å². The van der Waals surface area contributed by atoms with Crippen molar-refractivity contribution in [3.05, 3.63) is 70.2 Å². The van der Waals surface area contributed by atoms with Crippen molar-refractivity contribution in [1.82, 2.24) is 9.88 Å². The first-order valence-electron chi connectivity index (χ1n) is 10.4. The minimum atomic E-state index is -0.0259. The number of anilines is 1. The molecule has 0 aliphatic carbocycles. The smallest absolute Gasteiger partial charge is 0.226 e. The number of hydrogen-bond acceptors (Lipinski definition) is 6. The molecule has 0 radical (unpaired) electrons. The van der Waals surface area contributed by atoms with Gasteiger partial charge in [0.05, 0.1) is 19.9 Å². The fourth-order valence-electron chi connectivity index (χ4n) is 3.75. The lowest BCUT2D eigenvalue weighted by molar-refractivity contribution is -0.116. The first-order chi connectivity index (χ1) is 15.1. The van der Waals surface area contributed by atoms with E-state index in [0.717, 1.165) is 37.3 Å². The summed E-state index contributed by atoms with van der Waals surface area (Å²) >= 11 is 1.59. The maximum absolute atomic E-state index is 12.5. The van der Waals surface area contributed by atoms with E-state index < -0.39 is 0 Å². The number of fused-ring (bicyclic) bond motifs is 1. The molecule has 1 aliphatic rings. The molecule has 4 rings (SSSR count). The summed E-state index contributed by atoms with van der Waals surface area (Å²) in [7, 11) is 3.22. The van der Waals surface area contributed by atoms with E-state index in [0.29, 0.717) is 29.5 Å². The van der Waals surface area contributed by atoms with Crippen LogP contribution in [0.3, 0.4) is 0 Å². The average Bonchev–Trinajstić information content (AvgIpc) is 3.19. The van der Waals surface area contributed by atoms with E-state index in [1.807, 2.05) is 24.3 Å². The molecule has 0 saturated heterocycles. The number of amides is 1. The number of methoxy groups -OCH3 is 2. The largest absolute Gasteiger partial charge is 0.493 e. The molecule has 2 heterocycles. The summed E-state index contributed by atoms with van der Waals surface area (Å²) in [5.41, 5.74) is 3.46. The molecule has 6 nitrogen and oxygen atoms in total.